The van der Waals surface area contributed by atoms with Crippen LogP contribution >= 0.6 is 0 Å². The Morgan fingerprint density at radius 3 is 2.50 bits per heavy atom. The Labute approximate surface area is 105 Å². The van der Waals surface area contributed by atoms with E-state index >= 15 is 0 Å². The lowest BCUT2D eigenvalue weighted by Crippen LogP contribution is -2.42. The topological polar surface area (TPSA) is 46.3 Å². The summed E-state index contributed by atoms with van der Waals surface area (Å²) in [6.45, 7) is 4.52. The number of nitrogens with two attached hydrogens (primary N) is 1. The van der Waals surface area contributed by atoms with Gasteiger partial charge < -0.3 is 10.6 Å². The van der Waals surface area contributed by atoms with Crippen molar-refractivity contribution < 1.29 is 13.6 Å². The number of nitrogens with zero attached hydrogens (tertiary/aromatic N) is 1. The minimum atomic E-state index is -1.05. The van der Waals surface area contributed by atoms with Gasteiger partial charge in [0.2, 0.25) is 0 Å². The molecule has 18 heavy (non-hydrogen) atoms. The molecular weight excluding hydrogens is 238 g/mol. The molecule has 1 aromatic carbocycles. The lowest BCUT2D eigenvalue weighted by molar-refractivity contribution is 0.0652. The summed E-state index contributed by atoms with van der Waals surface area (Å²) < 4.78 is 26.2. The van der Waals surface area contributed by atoms with Gasteiger partial charge in [0.25, 0.3) is 5.91 Å². The molecule has 0 radical (unpaired) electrons. The Morgan fingerprint density at radius 2 is 1.94 bits per heavy atom. The normalized spacial score (nSPS) is 18.1. The second kappa shape index (κ2) is 4.23. The molecule has 1 aromatic rings. The first kappa shape index (κ1) is 12.8. The van der Waals surface area contributed by atoms with Gasteiger partial charge in [0, 0.05) is 23.8 Å². The molecule has 0 aliphatic carbocycles. The molecule has 1 aliphatic rings. The molecule has 98 valence electrons. The maximum Gasteiger partial charge on any atom is 0.256 e. The zero-order valence-corrected chi connectivity index (χ0v) is 10.5. The van der Waals surface area contributed by atoms with Crippen molar-refractivity contribution >= 4 is 11.6 Å². The summed E-state index contributed by atoms with van der Waals surface area (Å²) in [6, 6.07) is 1.73. The predicted octanol–water partition coefficient (Wildman–Crippen LogP) is 2.56. The Morgan fingerprint density at radius 1 is 1.33 bits per heavy atom. The number of halogens is 2. The SMILES string of the molecule is CC1(C)CCCN1C(=O)c1cc(F)c(F)cc1N. The molecule has 5 heteroatoms. The molecule has 0 saturated carbocycles. The number of nitrogen functional groups attached to an aromatic ring is 1. The summed E-state index contributed by atoms with van der Waals surface area (Å²) in [7, 11) is 0. The van der Waals surface area contributed by atoms with Gasteiger partial charge in [0.1, 0.15) is 0 Å². The largest absolute Gasteiger partial charge is 0.398 e. The van der Waals surface area contributed by atoms with Gasteiger partial charge in [0.15, 0.2) is 11.6 Å². The third-order valence-corrected chi connectivity index (χ3v) is 3.47. The van der Waals surface area contributed by atoms with Crippen LogP contribution in [0.3, 0.4) is 0 Å². The second-order valence-electron chi connectivity index (χ2n) is 5.23. The van der Waals surface area contributed by atoms with Gasteiger partial charge in [-0.3, -0.25) is 4.79 Å². The van der Waals surface area contributed by atoms with Crippen molar-refractivity contribution in [2.45, 2.75) is 32.2 Å². The standard InChI is InChI=1S/C13H16F2N2O/c1-13(2)4-3-5-17(13)12(18)8-6-9(14)10(15)7-11(8)16/h6-7H,3-5,16H2,1-2H3. The number of benzene rings is 1. The van der Waals surface area contributed by atoms with E-state index in [0.29, 0.717) is 6.54 Å². The van der Waals surface area contributed by atoms with Crippen LogP contribution in [-0.4, -0.2) is 22.9 Å². The smallest absolute Gasteiger partial charge is 0.256 e. The van der Waals surface area contributed by atoms with Crippen LogP contribution in [0.25, 0.3) is 0 Å². The summed E-state index contributed by atoms with van der Waals surface area (Å²) in [6.07, 6.45) is 1.80. The van der Waals surface area contributed by atoms with Crippen molar-refractivity contribution in [1.29, 1.82) is 0 Å². The summed E-state index contributed by atoms with van der Waals surface area (Å²) in [5.74, 6) is -2.43. The fourth-order valence-corrected chi connectivity index (χ4v) is 2.38. The Bertz CT molecular complexity index is 500. The molecule has 1 fully saturated rings. The summed E-state index contributed by atoms with van der Waals surface area (Å²) in [4.78, 5) is 14.0. The first-order valence-electron chi connectivity index (χ1n) is 5.89. The van der Waals surface area contributed by atoms with Gasteiger partial charge in [-0.15, -0.1) is 0 Å². The van der Waals surface area contributed by atoms with Gasteiger partial charge in [-0.1, -0.05) is 0 Å². The highest BCUT2D eigenvalue weighted by atomic mass is 19.2. The van der Waals surface area contributed by atoms with Crippen LogP contribution in [-0.2, 0) is 0 Å². The van der Waals surface area contributed by atoms with E-state index < -0.39 is 11.6 Å². The van der Waals surface area contributed by atoms with E-state index in [9.17, 15) is 13.6 Å². The van der Waals surface area contributed by atoms with Crippen molar-refractivity contribution in [1.82, 2.24) is 4.90 Å². The van der Waals surface area contributed by atoms with Crippen molar-refractivity contribution in [2.24, 2.45) is 0 Å². The fraction of sp³-hybridized carbons (Fsp3) is 0.462. The zero-order valence-electron chi connectivity index (χ0n) is 10.5. The minimum Gasteiger partial charge on any atom is -0.398 e. The third kappa shape index (κ3) is 2.05. The highest BCUT2D eigenvalue weighted by Gasteiger charge is 2.36. The monoisotopic (exact) mass is 254 g/mol. The number of anilines is 1. The quantitative estimate of drug-likeness (QED) is 0.783. The van der Waals surface area contributed by atoms with E-state index in [1.165, 1.54) is 0 Å². The van der Waals surface area contributed by atoms with E-state index in [1.807, 2.05) is 13.8 Å². The molecule has 0 spiro atoms. The van der Waals surface area contributed by atoms with E-state index in [1.54, 1.807) is 4.90 Å². The highest BCUT2D eigenvalue weighted by Crippen LogP contribution is 2.31. The molecule has 1 aliphatic heterocycles. The summed E-state index contributed by atoms with van der Waals surface area (Å²) in [5.41, 5.74) is 5.33. The number of hydrogen-bond acceptors (Lipinski definition) is 2. The highest BCUT2D eigenvalue weighted by molar-refractivity contribution is 5.99. The van der Waals surface area contributed by atoms with E-state index in [4.69, 9.17) is 5.73 Å². The molecule has 2 N–H and O–H groups in total. The lowest BCUT2D eigenvalue weighted by Gasteiger charge is -2.32. The van der Waals surface area contributed by atoms with Crippen molar-refractivity contribution in [3.05, 3.63) is 29.3 Å². The molecule has 3 nitrogen and oxygen atoms in total. The Balaban J connectivity index is 2.38. The maximum atomic E-state index is 13.2. The molecule has 0 aromatic heterocycles. The van der Waals surface area contributed by atoms with Crippen LogP contribution in [0.4, 0.5) is 14.5 Å². The van der Waals surface area contributed by atoms with E-state index in [2.05, 4.69) is 0 Å². The van der Waals surface area contributed by atoms with Crippen LogP contribution in [0.15, 0.2) is 12.1 Å². The van der Waals surface area contributed by atoms with Gasteiger partial charge in [-0.05, 0) is 32.8 Å². The van der Waals surface area contributed by atoms with Crippen molar-refractivity contribution in [3.8, 4) is 0 Å². The second-order valence-corrected chi connectivity index (χ2v) is 5.23. The van der Waals surface area contributed by atoms with Crippen molar-refractivity contribution in [3.63, 3.8) is 0 Å². The molecule has 1 amide bonds. The molecule has 1 heterocycles. The number of amides is 1. The number of hydrogen-bond donors (Lipinski definition) is 1. The van der Waals surface area contributed by atoms with Crippen LogP contribution in [0.5, 0.6) is 0 Å². The first-order chi connectivity index (χ1) is 8.33. The molecule has 0 unspecified atom stereocenters. The first-order valence-corrected chi connectivity index (χ1v) is 5.89. The van der Waals surface area contributed by atoms with E-state index in [-0.39, 0.29) is 22.7 Å². The third-order valence-electron chi connectivity index (χ3n) is 3.47. The molecule has 2 rings (SSSR count). The maximum absolute atomic E-state index is 13.2. The summed E-state index contributed by atoms with van der Waals surface area (Å²) in [5, 5.41) is 0. The van der Waals surface area contributed by atoms with Crippen LogP contribution < -0.4 is 5.73 Å². The molecule has 1 saturated heterocycles. The average Bonchev–Trinajstić information content (AvgIpc) is 2.62. The van der Waals surface area contributed by atoms with Crippen molar-refractivity contribution in [2.75, 3.05) is 12.3 Å². The van der Waals surface area contributed by atoms with Crippen LogP contribution in [0.1, 0.15) is 37.0 Å². The number of carbonyl (C=O) groups is 1. The zero-order chi connectivity index (χ0) is 13.5. The van der Waals surface area contributed by atoms with Crippen LogP contribution in [0.2, 0.25) is 0 Å². The number of rotatable bonds is 1. The molecular formula is C13H16F2N2O. The average molecular weight is 254 g/mol. The summed E-state index contributed by atoms with van der Waals surface area (Å²) >= 11 is 0. The number of likely N-dealkylation sites (tertiary alicyclic amines) is 1. The minimum absolute atomic E-state index is 0.0263. The Kier molecular flexibility index (Phi) is 3.00. The molecule has 0 bridgehead atoms. The fourth-order valence-electron chi connectivity index (χ4n) is 2.38. The van der Waals surface area contributed by atoms with Gasteiger partial charge in [-0.2, -0.15) is 0 Å². The van der Waals surface area contributed by atoms with Crippen LogP contribution in [0, 0.1) is 11.6 Å². The van der Waals surface area contributed by atoms with Gasteiger partial charge >= 0.3 is 0 Å². The predicted molar refractivity (Wildman–Crippen MR) is 65.1 cm³/mol. The molecule has 0 atom stereocenters. The van der Waals surface area contributed by atoms with Gasteiger partial charge in [0.05, 0.1) is 5.56 Å². The Hall–Kier alpha value is -1.65. The number of carbonyl (C=O) groups excluding carboxylic acids is 1. The lowest BCUT2D eigenvalue weighted by atomic mass is 10.0. The van der Waals surface area contributed by atoms with E-state index in [0.717, 1.165) is 25.0 Å². The van der Waals surface area contributed by atoms with Gasteiger partial charge in [-0.25, -0.2) is 8.78 Å².